The minimum absolute atomic E-state index is 0.825. The van der Waals surface area contributed by atoms with Gasteiger partial charge in [-0.1, -0.05) is 25.5 Å². The fourth-order valence-corrected chi connectivity index (χ4v) is 3.08. The summed E-state index contributed by atoms with van der Waals surface area (Å²) in [5.74, 6) is 4.72. The first kappa shape index (κ1) is 14.1. The van der Waals surface area contributed by atoms with Crippen molar-refractivity contribution in [3.8, 4) is 0 Å². The molecular formula is C14H26OS. The molecule has 0 aromatic carbocycles. The molecule has 1 saturated heterocycles. The highest BCUT2D eigenvalue weighted by Gasteiger charge is 2.14. The van der Waals surface area contributed by atoms with Crippen LogP contribution in [0, 0.1) is 11.8 Å². The summed E-state index contributed by atoms with van der Waals surface area (Å²) in [5.41, 5.74) is 1.46. The van der Waals surface area contributed by atoms with Gasteiger partial charge < -0.3 is 4.74 Å². The van der Waals surface area contributed by atoms with Crippen LogP contribution in [0.2, 0.25) is 0 Å². The van der Waals surface area contributed by atoms with Gasteiger partial charge in [0.1, 0.15) is 0 Å². The zero-order chi connectivity index (χ0) is 11.8. The maximum absolute atomic E-state index is 5.06. The Bertz CT molecular complexity index is 203. The molecule has 0 aliphatic carbocycles. The second kappa shape index (κ2) is 8.19. The second-order valence-electron chi connectivity index (χ2n) is 5.05. The van der Waals surface area contributed by atoms with Gasteiger partial charge in [0.2, 0.25) is 0 Å². The van der Waals surface area contributed by atoms with E-state index in [-0.39, 0.29) is 0 Å². The summed E-state index contributed by atoms with van der Waals surface area (Å²) in [7, 11) is 0. The van der Waals surface area contributed by atoms with E-state index in [1.165, 1.54) is 29.9 Å². The molecule has 0 aromatic heterocycles. The summed E-state index contributed by atoms with van der Waals surface area (Å²) in [6, 6.07) is 0. The number of rotatable bonds is 0. The van der Waals surface area contributed by atoms with E-state index in [4.69, 9.17) is 4.74 Å². The minimum atomic E-state index is 0.825. The van der Waals surface area contributed by atoms with Gasteiger partial charge >= 0.3 is 0 Å². The van der Waals surface area contributed by atoms with Gasteiger partial charge in [0.05, 0.1) is 13.2 Å². The van der Waals surface area contributed by atoms with Gasteiger partial charge in [-0.2, -0.15) is 11.8 Å². The first-order chi connectivity index (χ1) is 7.70. The zero-order valence-corrected chi connectivity index (χ0v) is 11.8. The average Bonchev–Trinajstić information content (AvgIpc) is 2.47. The molecule has 0 amide bonds. The Morgan fingerprint density at radius 1 is 1.31 bits per heavy atom. The molecule has 16 heavy (non-hydrogen) atoms. The van der Waals surface area contributed by atoms with Crippen molar-refractivity contribution in [1.82, 2.24) is 0 Å². The summed E-state index contributed by atoms with van der Waals surface area (Å²) in [6.45, 7) is 8.65. The van der Waals surface area contributed by atoms with Gasteiger partial charge in [-0.05, 0) is 49.5 Å². The van der Waals surface area contributed by atoms with Crippen LogP contribution in [0.5, 0.6) is 0 Å². The largest absolute Gasteiger partial charge is 0.377 e. The van der Waals surface area contributed by atoms with Crippen LogP contribution < -0.4 is 0 Å². The number of hydrogen-bond donors (Lipinski definition) is 0. The van der Waals surface area contributed by atoms with E-state index in [2.05, 4.69) is 38.6 Å². The van der Waals surface area contributed by atoms with Crippen LogP contribution in [0.1, 0.15) is 40.0 Å². The highest BCUT2D eigenvalue weighted by atomic mass is 32.2. The fraction of sp³-hybridized carbons (Fsp3) is 0.857. The summed E-state index contributed by atoms with van der Waals surface area (Å²) >= 11 is 2.13. The number of thioether (sulfide) groups is 1. The lowest BCUT2D eigenvalue weighted by Gasteiger charge is -2.14. The molecule has 2 rings (SSSR count). The highest BCUT2D eigenvalue weighted by Crippen LogP contribution is 2.26. The standard InChI is InChI=1S/C8H16S.C6H10O/c1-7-4-3-5-9-6-8(7)2;1-6-2-4-7-5-3-6/h7-8H,3-6H2,1-2H3;2H,3-5H2,1H3. The molecule has 0 aromatic rings. The number of hydrogen-bond acceptors (Lipinski definition) is 2. The van der Waals surface area contributed by atoms with E-state index in [0.29, 0.717) is 0 Å². The Morgan fingerprint density at radius 3 is 2.69 bits per heavy atom. The molecule has 0 radical (unpaired) electrons. The third-order valence-corrected chi connectivity index (χ3v) is 4.83. The topological polar surface area (TPSA) is 9.23 Å². The molecule has 2 unspecified atom stereocenters. The van der Waals surface area contributed by atoms with Crippen molar-refractivity contribution in [3.63, 3.8) is 0 Å². The normalized spacial score (nSPS) is 30.8. The van der Waals surface area contributed by atoms with Crippen molar-refractivity contribution in [2.45, 2.75) is 40.0 Å². The van der Waals surface area contributed by atoms with Crippen LogP contribution in [-0.4, -0.2) is 24.7 Å². The predicted molar refractivity (Wildman–Crippen MR) is 74.1 cm³/mol. The zero-order valence-electron chi connectivity index (χ0n) is 11.0. The molecule has 2 aliphatic rings. The van der Waals surface area contributed by atoms with Crippen molar-refractivity contribution in [3.05, 3.63) is 11.6 Å². The van der Waals surface area contributed by atoms with Gasteiger partial charge in [-0.25, -0.2) is 0 Å². The van der Waals surface area contributed by atoms with Crippen molar-refractivity contribution in [2.75, 3.05) is 24.7 Å². The maximum Gasteiger partial charge on any atom is 0.0650 e. The molecule has 0 saturated carbocycles. The summed E-state index contributed by atoms with van der Waals surface area (Å²) in [4.78, 5) is 0. The smallest absolute Gasteiger partial charge is 0.0650 e. The van der Waals surface area contributed by atoms with Crippen molar-refractivity contribution in [1.29, 1.82) is 0 Å². The van der Waals surface area contributed by atoms with Crippen LogP contribution in [0.25, 0.3) is 0 Å². The monoisotopic (exact) mass is 242 g/mol. The highest BCUT2D eigenvalue weighted by molar-refractivity contribution is 7.99. The molecule has 0 spiro atoms. The predicted octanol–water partition coefficient (Wildman–Crippen LogP) is 4.14. The quantitative estimate of drug-likeness (QED) is 0.590. The second-order valence-corrected chi connectivity index (χ2v) is 6.20. The van der Waals surface area contributed by atoms with Gasteiger partial charge in [0, 0.05) is 0 Å². The average molecular weight is 242 g/mol. The molecule has 2 heterocycles. The molecule has 1 nitrogen and oxygen atoms in total. The molecule has 0 bridgehead atoms. The summed E-state index contributed by atoms with van der Waals surface area (Å²) in [5, 5.41) is 0. The molecule has 1 fully saturated rings. The van der Waals surface area contributed by atoms with Crippen LogP contribution >= 0.6 is 11.8 Å². The molecule has 94 valence electrons. The van der Waals surface area contributed by atoms with E-state index >= 15 is 0 Å². The van der Waals surface area contributed by atoms with Gasteiger partial charge in [-0.15, -0.1) is 0 Å². The van der Waals surface area contributed by atoms with Crippen LogP contribution in [0.15, 0.2) is 11.6 Å². The Labute approximate surface area is 105 Å². The van der Waals surface area contributed by atoms with Gasteiger partial charge in [-0.3, -0.25) is 0 Å². The van der Waals surface area contributed by atoms with E-state index < -0.39 is 0 Å². The van der Waals surface area contributed by atoms with Crippen LogP contribution in [0.4, 0.5) is 0 Å². The maximum atomic E-state index is 5.06. The molecule has 2 heteroatoms. The van der Waals surface area contributed by atoms with E-state index in [1.54, 1.807) is 0 Å². The Morgan fingerprint density at radius 2 is 2.12 bits per heavy atom. The lowest BCUT2D eigenvalue weighted by molar-refractivity contribution is 0.154. The van der Waals surface area contributed by atoms with Crippen molar-refractivity contribution >= 4 is 11.8 Å². The van der Waals surface area contributed by atoms with Crippen molar-refractivity contribution < 1.29 is 4.74 Å². The molecular weight excluding hydrogens is 216 g/mol. The van der Waals surface area contributed by atoms with E-state index in [0.717, 1.165) is 31.5 Å². The Kier molecular flexibility index (Phi) is 7.22. The van der Waals surface area contributed by atoms with Gasteiger partial charge in [0.15, 0.2) is 0 Å². The minimum Gasteiger partial charge on any atom is -0.377 e. The molecule has 2 aliphatic heterocycles. The molecule has 2 atom stereocenters. The number of ether oxygens (including phenoxy) is 1. The Balaban J connectivity index is 0.000000165. The summed E-state index contributed by atoms with van der Waals surface area (Å²) < 4.78 is 5.06. The molecule has 0 N–H and O–H groups in total. The van der Waals surface area contributed by atoms with E-state index in [9.17, 15) is 0 Å². The third-order valence-electron chi connectivity index (χ3n) is 3.49. The lowest BCUT2D eigenvalue weighted by atomic mass is 9.94. The first-order valence-electron chi connectivity index (χ1n) is 6.51. The third kappa shape index (κ3) is 5.95. The van der Waals surface area contributed by atoms with E-state index in [1.807, 2.05) is 0 Å². The fourth-order valence-electron chi connectivity index (χ4n) is 1.85. The summed E-state index contributed by atoms with van der Waals surface area (Å²) in [6.07, 6.45) is 6.15. The van der Waals surface area contributed by atoms with Crippen LogP contribution in [-0.2, 0) is 4.74 Å². The van der Waals surface area contributed by atoms with Crippen molar-refractivity contribution in [2.24, 2.45) is 11.8 Å². The lowest BCUT2D eigenvalue weighted by Crippen LogP contribution is -2.07. The Hall–Kier alpha value is 0.0500. The first-order valence-corrected chi connectivity index (χ1v) is 7.66. The SMILES string of the molecule is CC1=CCOCC1.CC1CCCSCC1C. The van der Waals surface area contributed by atoms with Gasteiger partial charge in [0.25, 0.3) is 0 Å². The van der Waals surface area contributed by atoms with Crippen LogP contribution in [0.3, 0.4) is 0 Å².